The van der Waals surface area contributed by atoms with E-state index >= 15 is 0 Å². The number of hydrogen-bond acceptors (Lipinski definition) is 4. The summed E-state index contributed by atoms with van der Waals surface area (Å²) in [6.07, 6.45) is 0.697. The summed E-state index contributed by atoms with van der Waals surface area (Å²) < 4.78 is 5.00. The Kier molecular flexibility index (Phi) is 9.36. The second-order valence-electron chi connectivity index (χ2n) is 6.25. The monoisotopic (exact) mass is 363 g/mol. The summed E-state index contributed by atoms with van der Waals surface area (Å²) in [6.45, 7) is 6.15. The van der Waals surface area contributed by atoms with E-state index in [9.17, 15) is 14.4 Å². The van der Waals surface area contributed by atoms with Crippen LogP contribution in [0.25, 0.3) is 0 Å². The molecule has 144 valence electrons. The van der Waals surface area contributed by atoms with Gasteiger partial charge in [-0.3, -0.25) is 14.4 Å². The molecule has 0 spiro atoms. The lowest BCUT2D eigenvalue weighted by atomic mass is 10.1. The number of nitrogens with one attached hydrogen (secondary N) is 2. The first kappa shape index (κ1) is 21.6. The van der Waals surface area contributed by atoms with Crippen LogP contribution in [-0.4, -0.2) is 56.0 Å². The van der Waals surface area contributed by atoms with Crippen molar-refractivity contribution >= 4 is 23.4 Å². The molecule has 1 aromatic rings. The largest absolute Gasteiger partial charge is 0.383 e. The second kappa shape index (κ2) is 11.3. The molecular formula is C19H29N3O4. The Morgan fingerprint density at radius 2 is 1.81 bits per heavy atom. The zero-order chi connectivity index (χ0) is 19.5. The molecule has 0 saturated heterocycles. The van der Waals surface area contributed by atoms with E-state index in [0.717, 1.165) is 5.56 Å². The Bertz CT molecular complexity index is 601. The Labute approximate surface area is 155 Å². The molecule has 1 unspecified atom stereocenters. The van der Waals surface area contributed by atoms with E-state index in [1.807, 2.05) is 32.9 Å². The van der Waals surface area contributed by atoms with Crippen LogP contribution in [0.2, 0.25) is 0 Å². The SMILES string of the molecule is CCC(C)C(=O)N(CCOC)CC(=O)NCC(=O)Nc1ccc(C)cc1. The van der Waals surface area contributed by atoms with Gasteiger partial charge in [-0.1, -0.05) is 31.5 Å². The molecule has 2 N–H and O–H groups in total. The van der Waals surface area contributed by atoms with Crippen LogP contribution in [-0.2, 0) is 19.1 Å². The molecule has 0 aromatic heterocycles. The molecule has 0 aliphatic heterocycles. The molecular weight excluding hydrogens is 334 g/mol. The van der Waals surface area contributed by atoms with Crippen molar-refractivity contribution in [2.75, 3.05) is 38.7 Å². The number of benzene rings is 1. The van der Waals surface area contributed by atoms with Gasteiger partial charge in [0.05, 0.1) is 19.7 Å². The Morgan fingerprint density at radius 3 is 2.38 bits per heavy atom. The van der Waals surface area contributed by atoms with Crippen LogP contribution in [0.15, 0.2) is 24.3 Å². The zero-order valence-electron chi connectivity index (χ0n) is 16.0. The first-order chi connectivity index (χ1) is 12.4. The van der Waals surface area contributed by atoms with E-state index in [-0.39, 0.29) is 36.7 Å². The van der Waals surface area contributed by atoms with Gasteiger partial charge in [-0.2, -0.15) is 0 Å². The number of ether oxygens (including phenoxy) is 1. The fourth-order valence-corrected chi connectivity index (χ4v) is 2.21. The van der Waals surface area contributed by atoms with Crippen LogP contribution in [0.3, 0.4) is 0 Å². The quantitative estimate of drug-likeness (QED) is 0.660. The summed E-state index contributed by atoms with van der Waals surface area (Å²) in [7, 11) is 1.54. The number of anilines is 1. The predicted molar refractivity (Wildman–Crippen MR) is 101 cm³/mol. The van der Waals surface area contributed by atoms with E-state index < -0.39 is 0 Å². The van der Waals surface area contributed by atoms with E-state index in [1.165, 1.54) is 4.90 Å². The van der Waals surface area contributed by atoms with Gasteiger partial charge in [0, 0.05) is 25.3 Å². The number of methoxy groups -OCH3 is 1. The van der Waals surface area contributed by atoms with Crippen molar-refractivity contribution in [1.82, 2.24) is 10.2 Å². The van der Waals surface area contributed by atoms with Crippen LogP contribution in [0.5, 0.6) is 0 Å². The van der Waals surface area contributed by atoms with Gasteiger partial charge < -0.3 is 20.3 Å². The van der Waals surface area contributed by atoms with Crippen molar-refractivity contribution in [1.29, 1.82) is 0 Å². The van der Waals surface area contributed by atoms with E-state index in [1.54, 1.807) is 19.2 Å². The molecule has 0 heterocycles. The van der Waals surface area contributed by atoms with Crippen molar-refractivity contribution in [3.05, 3.63) is 29.8 Å². The maximum absolute atomic E-state index is 12.3. The minimum atomic E-state index is -0.378. The number of nitrogens with zero attached hydrogens (tertiary/aromatic N) is 1. The number of rotatable bonds is 10. The van der Waals surface area contributed by atoms with Crippen LogP contribution >= 0.6 is 0 Å². The van der Waals surface area contributed by atoms with Gasteiger partial charge in [0.2, 0.25) is 17.7 Å². The molecule has 0 bridgehead atoms. The molecule has 0 aliphatic carbocycles. The molecule has 3 amide bonds. The maximum Gasteiger partial charge on any atom is 0.243 e. The number of amides is 3. The third-order valence-electron chi connectivity index (χ3n) is 4.03. The number of carbonyl (C=O) groups is 3. The van der Waals surface area contributed by atoms with Crippen molar-refractivity contribution in [3.63, 3.8) is 0 Å². The molecule has 7 nitrogen and oxygen atoms in total. The molecule has 0 fully saturated rings. The average molecular weight is 363 g/mol. The first-order valence-corrected chi connectivity index (χ1v) is 8.78. The van der Waals surface area contributed by atoms with Crippen molar-refractivity contribution in [3.8, 4) is 0 Å². The fourth-order valence-electron chi connectivity index (χ4n) is 2.21. The predicted octanol–water partition coefficient (Wildman–Crippen LogP) is 1.57. The van der Waals surface area contributed by atoms with Crippen molar-refractivity contribution < 1.29 is 19.1 Å². The highest BCUT2D eigenvalue weighted by Gasteiger charge is 2.21. The number of carbonyl (C=O) groups excluding carboxylic acids is 3. The topological polar surface area (TPSA) is 87.7 Å². The van der Waals surface area contributed by atoms with Gasteiger partial charge in [-0.25, -0.2) is 0 Å². The van der Waals surface area contributed by atoms with Gasteiger partial charge >= 0.3 is 0 Å². The Morgan fingerprint density at radius 1 is 1.15 bits per heavy atom. The van der Waals surface area contributed by atoms with Gasteiger partial charge in [0.15, 0.2) is 0 Å². The summed E-state index contributed by atoms with van der Waals surface area (Å²) >= 11 is 0. The summed E-state index contributed by atoms with van der Waals surface area (Å²) in [5, 5.41) is 5.26. The molecule has 0 aliphatic rings. The highest BCUT2D eigenvalue weighted by atomic mass is 16.5. The Balaban J connectivity index is 2.49. The third-order valence-corrected chi connectivity index (χ3v) is 4.03. The molecule has 26 heavy (non-hydrogen) atoms. The molecule has 1 aromatic carbocycles. The second-order valence-corrected chi connectivity index (χ2v) is 6.25. The van der Waals surface area contributed by atoms with Crippen LogP contribution in [0.4, 0.5) is 5.69 Å². The molecule has 7 heteroatoms. The fraction of sp³-hybridized carbons (Fsp3) is 0.526. The number of hydrogen-bond donors (Lipinski definition) is 2. The summed E-state index contributed by atoms with van der Waals surface area (Å²) in [4.78, 5) is 37.8. The van der Waals surface area contributed by atoms with Gasteiger partial charge in [0.25, 0.3) is 0 Å². The van der Waals surface area contributed by atoms with Crippen molar-refractivity contribution in [2.24, 2.45) is 5.92 Å². The van der Waals surface area contributed by atoms with Crippen LogP contribution < -0.4 is 10.6 Å². The van der Waals surface area contributed by atoms with E-state index in [0.29, 0.717) is 25.3 Å². The Hall–Kier alpha value is -2.41. The lowest BCUT2D eigenvalue weighted by Crippen LogP contribution is -2.45. The van der Waals surface area contributed by atoms with Gasteiger partial charge in [-0.05, 0) is 25.5 Å². The summed E-state index contributed by atoms with van der Waals surface area (Å²) in [6, 6.07) is 7.38. The van der Waals surface area contributed by atoms with E-state index in [2.05, 4.69) is 10.6 Å². The highest BCUT2D eigenvalue weighted by Crippen LogP contribution is 2.08. The van der Waals surface area contributed by atoms with Crippen molar-refractivity contribution in [2.45, 2.75) is 27.2 Å². The normalized spacial score (nSPS) is 11.5. The van der Waals surface area contributed by atoms with Crippen LogP contribution in [0.1, 0.15) is 25.8 Å². The zero-order valence-corrected chi connectivity index (χ0v) is 16.0. The average Bonchev–Trinajstić information content (AvgIpc) is 2.64. The van der Waals surface area contributed by atoms with E-state index in [4.69, 9.17) is 4.74 Å². The smallest absolute Gasteiger partial charge is 0.243 e. The first-order valence-electron chi connectivity index (χ1n) is 8.78. The minimum absolute atomic E-state index is 0.0929. The molecule has 1 rings (SSSR count). The lowest BCUT2D eigenvalue weighted by molar-refractivity contribution is -0.139. The van der Waals surface area contributed by atoms with Gasteiger partial charge in [-0.15, -0.1) is 0 Å². The summed E-state index contributed by atoms with van der Waals surface area (Å²) in [5.41, 5.74) is 1.77. The molecule has 1 atom stereocenters. The third kappa shape index (κ3) is 7.65. The summed E-state index contributed by atoms with van der Waals surface area (Å²) in [5.74, 6) is -0.955. The highest BCUT2D eigenvalue weighted by molar-refractivity contribution is 5.95. The molecule has 0 radical (unpaired) electrons. The number of aryl methyl sites for hydroxylation is 1. The standard InChI is InChI=1S/C19H29N3O4/c1-5-15(3)19(25)22(10-11-26-4)13-18(24)20-12-17(23)21-16-8-6-14(2)7-9-16/h6-9,15H,5,10-13H2,1-4H3,(H,20,24)(H,21,23). The lowest BCUT2D eigenvalue weighted by Gasteiger charge is -2.24. The minimum Gasteiger partial charge on any atom is -0.383 e. The maximum atomic E-state index is 12.3. The van der Waals surface area contributed by atoms with Gasteiger partial charge in [0.1, 0.15) is 0 Å². The molecule has 0 saturated carbocycles. The van der Waals surface area contributed by atoms with Crippen LogP contribution in [0, 0.1) is 12.8 Å².